The number of carboxylic acids is 1. The molecule has 0 fully saturated rings. The Morgan fingerprint density at radius 2 is 2.03 bits per heavy atom. The molecular formula is C21H22F3N3O4. The zero-order chi connectivity index (χ0) is 22.8. The van der Waals surface area contributed by atoms with Crippen molar-refractivity contribution in [3.05, 3.63) is 47.2 Å². The monoisotopic (exact) mass is 437 g/mol. The number of carbonyl (C=O) groups excluding carboxylic acids is 1. The second-order valence-electron chi connectivity index (χ2n) is 7.72. The van der Waals surface area contributed by atoms with E-state index in [1.807, 2.05) is 6.92 Å². The summed E-state index contributed by atoms with van der Waals surface area (Å²) < 4.78 is 44.7. The average molecular weight is 437 g/mol. The number of esters is 1. The lowest BCUT2D eigenvalue weighted by Crippen LogP contribution is -2.31. The van der Waals surface area contributed by atoms with E-state index in [1.165, 1.54) is 12.1 Å². The van der Waals surface area contributed by atoms with Crippen LogP contribution in [0.25, 0.3) is 11.3 Å². The molecule has 1 aromatic heterocycles. The third kappa shape index (κ3) is 5.57. The fourth-order valence-corrected chi connectivity index (χ4v) is 3.50. The number of fused-ring (bicyclic) bond motifs is 1. The van der Waals surface area contributed by atoms with E-state index in [0.29, 0.717) is 24.1 Å². The lowest BCUT2D eigenvalue weighted by atomic mass is 9.85. The van der Waals surface area contributed by atoms with Crippen LogP contribution in [0.3, 0.4) is 0 Å². The number of benzene rings is 1. The molecule has 0 saturated heterocycles. The van der Waals surface area contributed by atoms with Crippen molar-refractivity contribution >= 4 is 11.9 Å². The summed E-state index contributed by atoms with van der Waals surface area (Å²) in [4.78, 5) is 23.0. The van der Waals surface area contributed by atoms with E-state index in [9.17, 15) is 22.8 Å². The van der Waals surface area contributed by atoms with Gasteiger partial charge in [-0.2, -0.15) is 23.4 Å². The van der Waals surface area contributed by atoms with Gasteiger partial charge in [0.2, 0.25) is 0 Å². The highest BCUT2D eigenvalue weighted by molar-refractivity contribution is 5.75. The van der Waals surface area contributed by atoms with Gasteiger partial charge >= 0.3 is 18.1 Å². The first kappa shape index (κ1) is 22.7. The fourth-order valence-electron chi connectivity index (χ4n) is 3.50. The summed E-state index contributed by atoms with van der Waals surface area (Å²) >= 11 is 0. The van der Waals surface area contributed by atoms with E-state index in [0.717, 1.165) is 12.1 Å². The molecule has 0 aliphatic heterocycles. The molecule has 2 unspecified atom stereocenters. The van der Waals surface area contributed by atoms with Crippen molar-refractivity contribution in [3.63, 3.8) is 0 Å². The zero-order valence-corrected chi connectivity index (χ0v) is 16.7. The molecule has 0 bridgehead atoms. The molecule has 7 nitrogen and oxygen atoms in total. The third-order valence-electron chi connectivity index (χ3n) is 5.15. The van der Waals surface area contributed by atoms with Gasteiger partial charge in [-0.25, -0.2) is 0 Å². The van der Waals surface area contributed by atoms with Crippen LogP contribution in [0.2, 0.25) is 0 Å². The van der Waals surface area contributed by atoms with Gasteiger partial charge in [-0.3, -0.25) is 9.59 Å². The molecule has 0 spiro atoms. The molecule has 0 saturated carbocycles. The van der Waals surface area contributed by atoms with Gasteiger partial charge in [0.15, 0.2) is 0 Å². The molecule has 3 atom stereocenters. The summed E-state index contributed by atoms with van der Waals surface area (Å²) in [5.41, 5.74) is 6.33. The molecule has 0 amide bonds. The van der Waals surface area contributed by atoms with Crippen LogP contribution in [0.1, 0.15) is 49.1 Å². The SMILES string of the molecule is CC1Cc2nnc(-c3cccc(C(F)(F)F)c3)cc2C(OC(=O)CC[C@H](N)C(=O)O)C1. The maximum absolute atomic E-state index is 13.0. The first-order chi connectivity index (χ1) is 14.5. The molecule has 3 N–H and O–H groups in total. The molecule has 31 heavy (non-hydrogen) atoms. The van der Waals surface area contributed by atoms with Crippen molar-refractivity contribution in [2.45, 2.75) is 50.9 Å². The molecule has 166 valence electrons. The van der Waals surface area contributed by atoms with E-state index in [-0.39, 0.29) is 30.0 Å². The van der Waals surface area contributed by atoms with Crippen molar-refractivity contribution in [1.82, 2.24) is 10.2 Å². The number of alkyl halides is 3. The van der Waals surface area contributed by atoms with Gasteiger partial charge in [0.05, 0.1) is 17.0 Å². The molecule has 10 heteroatoms. The van der Waals surface area contributed by atoms with Gasteiger partial charge in [0.1, 0.15) is 12.1 Å². The van der Waals surface area contributed by atoms with Crippen molar-refractivity contribution in [2.75, 3.05) is 0 Å². The quantitative estimate of drug-likeness (QED) is 0.665. The van der Waals surface area contributed by atoms with Gasteiger partial charge in [0, 0.05) is 17.5 Å². The number of halogens is 3. The molecule has 1 heterocycles. The first-order valence-electron chi connectivity index (χ1n) is 9.76. The highest BCUT2D eigenvalue weighted by atomic mass is 19.4. The number of nitrogens with two attached hydrogens (primary N) is 1. The molecular weight excluding hydrogens is 415 g/mol. The topological polar surface area (TPSA) is 115 Å². The number of nitrogens with zero attached hydrogens (tertiary/aromatic N) is 2. The van der Waals surface area contributed by atoms with Crippen molar-refractivity contribution in [1.29, 1.82) is 0 Å². The fraction of sp³-hybridized carbons (Fsp3) is 0.429. The van der Waals surface area contributed by atoms with Crippen LogP contribution < -0.4 is 5.73 Å². The van der Waals surface area contributed by atoms with Crippen LogP contribution in [0.5, 0.6) is 0 Å². The molecule has 2 aromatic rings. The summed E-state index contributed by atoms with van der Waals surface area (Å²) in [5, 5.41) is 17.1. The maximum atomic E-state index is 13.0. The van der Waals surface area contributed by atoms with E-state index >= 15 is 0 Å². The predicted octanol–water partition coefficient (Wildman–Crippen LogP) is 3.52. The summed E-state index contributed by atoms with van der Waals surface area (Å²) in [6, 6.07) is 5.21. The number of rotatable bonds is 6. The lowest BCUT2D eigenvalue weighted by Gasteiger charge is -2.28. The third-order valence-corrected chi connectivity index (χ3v) is 5.15. The second-order valence-corrected chi connectivity index (χ2v) is 7.72. The standard InChI is InChI=1S/C21H22F3N3O4/c1-11-7-17-14(18(8-11)31-19(28)6-5-15(25)20(29)30)10-16(26-27-17)12-3-2-4-13(9-12)21(22,23)24/h2-4,9-11,15,18H,5-8,25H2,1H3,(H,29,30)/t11?,15-,18?/m0/s1. The Morgan fingerprint density at radius 3 is 2.71 bits per heavy atom. The van der Waals surface area contributed by atoms with Crippen LogP contribution >= 0.6 is 0 Å². The average Bonchev–Trinajstić information content (AvgIpc) is 2.71. The predicted molar refractivity (Wildman–Crippen MR) is 104 cm³/mol. The lowest BCUT2D eigenvalue weighted by molar-refractivity contribution is -0.151. The van der Waals surface area contributed by atoms with E-state index in [2.05, 4.69) is 10.2 Å². The number of carbonyl (C=O) groups is 2. The minimum atomic E-state index is -4.48. The molecule has 1 aliphatic rings. The Kier molecular flexibility index (Phi) is 6.59. The second kappa shape index (κ2) is 9.01. The van der Waals surface area contributed by atoms with Crippen LogP contribution in [-0.2, 0) is 26.9 Å². The van der Waals surface area contributed by atoms with Gasteiger partial charge in [-0.15, -0.1) is 0 Å². The smallest absolute Gasteiger partial charge is 0.416 e. The number of hydrogen-bond donors (Lipinski definition) is 2. The van der Waals surface area contributed by atoms with Gasteiger partial charge < -0.3 is 15.6 Å². The Bertz CT molecular complexity index is 981. The summed E-state index contributed by atoms with van der Waals surface area (Å²) in [7, 11) is 0. The molecule has 1 aromatic carbocycles. The molecule has 1 aliphatic carbocycles. The maximum Gasteiger partial charge on any atom is 0.416 e. The van der Waals surface area contributed by atoms with Crippen molar-refractivity contribution < 1.29 is 32.6 Å². The summed E-state index contributed by atoms with van der Waals surface area (Å²) in [6.45, 7) is 1.96. The minimum Gasteiger partial charge on any atom is -0.480 e. The Hall–Kier alpha value is -3.01. The van der Waals surface area contributed by atoms with Gasteiger partial charge in [0.25, 0.3) is 0 Å². The van der Waals surface area contributed by atoms with Crippen LogP contribution in [0, 0.1) is 5.92 Å². The number of carboxylic acid groups (broad SMARTS) is 1. The Morgan fingerprint density at radius 1 is 1.29 bits per heavy atom. The Balaban J connectivity index is 1.84. The highest BCUT2D eigenvalue weighted by Gasteiger charge is 2.32. The first-order valence-corrected chi connectivity index (χ1v) is 9.76. The number of aromatic nitrogens is 2. The summed E-state index contributed by atoms with van der Waals surface area (Å²) in [5.74, 6) is -1.65. The van der Waals surface area contributed by atoms with Crippen molar-refractivity contribution in [2.24, 2.45) is 11.7 Å². The van der Waals surface area contributed by atoms with Crippen LogP contribution in [0.15, 0.2) is 30.3 Å². The summed E-state index contributed by atoms with van der Waals surface area (Å²) in [6.07, 6.45) is -4.24. The molecule has 3 rings (SSSR count). The highest BCUT2D eigenvalue weighted by Crippen LogP contribution is 2.37. The number of hydrogen-bond acceptors (Lipinski definition) is 6. The van der Waals surface area contributed by atoms with Crippen molar-refractivity contribution in [3.8, 4) is 11.3 Å². The van der Waals surface area contributed by atoms with E-state index in [1.54, 1.807) is 6.07 Å². The number of ether oxygens (including phenoxy) is 1. The van der Waals surface area contributed by atoms with Gasteiger partial charge in [-0.05, 0) is 43.4 Å². The normalized spacial score (nSPS) is 19.4. The molecule has 0 radical (unpaired) electrons. The largest absolute Gasteiger partial charge is 0.480 e. The van der Waals surface area contributed by atoms with E-state index < -0.39 is 35.8 Å². The van der Waals surface area contributed by atoms with Gasteiger partial charge in [-0.1, -0.05) is 19.1 Å². The minimum absolute atomic E-state index is 0.0621. The van der Waals surface area contributed by atoms with Crippen LogP contribution in [0.4, 0.5) is 13.2 Å². The van der Waals surface area contributed by atoms with E-state index in [4.69, 9.17) is 15.6 Å². The van der Waals surface area contributed by atoms with Crippen LogP contribution in [-0.4, -0.2) is 33.3 Å². The number of aliphatic carboxylic acids is 1. The Labute approximate surface area is 176 Å². The zero-order valence-electron chi connectivity index (χ0n) is 16.7.